The molecule has 0 saturated heterocycles. The number of hydrogen-bond donors (Lipinski definition) is 0. The Morgan fingerprint density at radius 2 is 2.05 bits per heavy atom. The Bertz CT molecular complexity index is 904. The lowest BCUT2D eigenvalue weighted by Crippen LogP contribution is -1.94. The SMILES string of the molecule is Cc1ccn2c(CC#N)c(-c3ccc([N+](=O)[O-])cc3)nc2c1. The Hall–Kier alpha value is -3.20. The Kier molecular flexibility index (Phi) is 3.31. The van der Waals surface area contributed by atoms with Crippen LogP contribution in [0.1, 0.15) is 11.3 Å². The van der Waals surface area contributed by atoms with Crippen LogP contribution in [0.5, 0.6) is 0 Å². The van der Waals surface area contributed by atoms with Crippen molar-refractivity contribution in [2.75, 3.05) is 0 Å². The van der Waals surface area contributed by atoms with Gasteiger partial charge in [0.05, 0.1) is 28.8 Å². The van der Waals surface area contributed by atoms with Gasteiger partial charge in [-0.1, -0.05) is 0 Å². The first-order valence-corrected chi connectivity index (χ1v) is 6.69. The van der Waals surface area contributed by atoms with Gasteiger partial charge in [0.25, 0.3) is 5.69 Å². The molecule has 2 heterocycles. The molecule has 0 fully saturated rings. The molecule has 108 valence electrons. The highest BCUT2D eigenvalue weighted by Crippen LogP contribution is 2.27. The third-order valence-electron chi connectivity index (χ3n) is 3.48. The van der Waals surface area contributed by atoms with Gasteiger partial charge in [-0.15, -0.1) is 0 Å². The molecule has 0 spiro atoms. The summed E-state index contributed by atoms with van der Waals surface area (Å²) < 4.78 is 1.88. The minimum atomic E-state index is -0.437. The van der Waals surface area contributed by atoms with Gasteiger partial charge in [0.2, 0.25) is 0 Å². The highest BCUT2D eigenvalue weighted by molar-refractivity contribution is 5.68. The molecular weight excluding hydrogens is 280 g/mol. The molecule has 0 aliphatic heterocycles. The van der Waals surface area contributed by atoms with Gasteiger partial charge in [0.15, 0.2) is 0 Å². The number of imidazole rings is 1. The maximum absolute atomic E-state index is 10.7. The molecule has 3 rings (SSSR count). The van der Waals surface area contributed by atoms with Crippen LogP contribution in [0.15, 0.2) is 42.6 Å². The second-order valence-corrected chi connectivity index (χ2v) is 4.98. The fraction of sp³-hybridized carbons (Fsp3) is 0.125. The summed E-state index contributed by atoms with van der Waals surface area (Å²) in [6.07, 6.45) is 2.11. The van der Waals surface area contributed by atoms with Crippen LogP contribution in [0, 0.1) is 28.4 Å². The van der Waals surface area contributed by atoms with Crippen LogP contribution in [0.25, 0.3) is 16.9 Å². The van der Waals surface area contributed by atoms with Crippen LogP contribution in [0.2, 0.25) is 0 Å². The number of hydrogen-bond acceptors (Lipinski definition) is 4. The van der Waals surface area contributed by atoms with Crippen molar-refractivity contribution in [3.05, 3.63) is 64.0 Å². The standard InChI is InChI=1S/C16H12N4O2/c1-11-7-9-19-14(6-8-17)16(18-15(19)10-11)12-2-4-13(5-3-12)20(21)22/h2-5,7,9-10H,6H2,1H3. The van der Waals surface area contributed by atoms with Gasteiger partial charge in [-0.05, 0) is 36.8 Å². The normalized spacial score (nSPS) is 10.5. The van der Waals surface area contributed by atoms with Crippen molar-refractivity contribution in [2.45, 2.75) is 13.3 Å². The quantitative estimate of drug-likeness (QED) is 0.547. The average molecular weight is 292 g/mol. The van der Waals surface area contributed by atoms with Gasteiger partial charge in [0, 0.05) is 23.9 Å². The third-order valence-corrected chi connectivity index (χ3v) is 3.48. The highest BCUT2D eigenvalue weighted by atomic mass is 16.6. The first-order chi connectivity index (χ1) is 10.6. The predicted octanol–water partition coefficient (Wildman–Crippen LogP) is 3.28. The molecule has 2 aromatic heterocycles. The highest BCUT2D eigenvalue weighted by Gasteiger charge is 2.15. The average Bonchev–Trinajstić information content (AvgIpc) is 2.85. The molecule has 0 unspecified atom stereocenters. The number of aryl methyl sites for hydroxylation is 1. The number of nitrogens with zero attached hydrogens (tertiary/aromatic N) is 4. The van der Waals surface area contributed by atoms with Crippen molar-refractivity contribution in [2.24, 2.45) is 0 Å². The molecule has 3 aromatic rings. The van der Waals surface area contributed by atoms with Gasteiger partial charge in [-0.2, -0.15) is 5.26 Å². The zero-order valence-corrected chi connectivity index (χ0v) is 11.9. The zero-order chi connectivity index (χ0) is 15.7. The van der Waals surface area contributed by atoms with E-state index in [1.165, 1.54) is 12.1 Å². The molecule has 0 radical (unpaired) electrons. The predicted molar refractivity (Wildman–Crippen MR) is 81.3 cm³/mol. The van der Waals surface area contributed by atoms with Gasteiger partial charge in [-0.3, -0.25) is 10.1 Å². The lowest BCUT2D eigenvalue weighted by molar-refractivity contribution is -0.384. The van der Waals surface area contributed by atoms with Crippen LogP contribution < -0.4 is 0 Å². The van der Waals surface area contributed by atoms with E-state index in [4.69, 9.17) is 5.26 Å². The molecule has 0 aliphatic rings. The maximum Gasteiger partial charge on any atom is 0.269 e. The van der Waals surface area contributed by atoms with Gasteiger partial charge >= 0.3 is 0 Å². The summed E-state index contributed by atoms with van der Waals surface area (Å²) in [6, 6.07) is 12.3. The van der Waals surface area contributed by atoms with E-state index in [2.05, 4.69) is 11.1 Å². The van der Waals surface area contributed by atoms with E-state index < -0.39 is 4.92 Å². The number of pyridine rings is 1. The largest absolute Gasteiger partial charge is 0.302 e. The third kappa shape index (κ3) is 2.29. The number of non-ortho nitro benzene ring substituents is 1. The molecule has 0 aliphatic carbocycles. The van der Waals surface area contributed by atoms with Crippen molar-refractivity contribution >= 4 is 11.3 Å². The molecule has 6 heteroatoms. The van der Waals surface area contributed by atoms with Gasteiger partial charge in [0.1, 0.15) is 5.65 Å². The summed E-state index contributed by atoms with van der Waals surface area (Å²) in [6.45, 7) is 1.98. The second kappa shape index (κ2) is 5.30. The van der Waals surface area contributed by atoms with E-state index in [9.17, 15) is 10.1 Å². The van der Waals surface area contributed by atoms with Gasteiger partial charge in [-0.25, -0.2) is 4.98 Å². The van der Waals surface area contributed by atoms with Crippen LogP contribution in [-0.2, 0) is 6.42 Å². The summed E-state index contributed by atoms with van der Waals surface area (Å²) in [5, 5.41) is 19.8. The minimum absolute atomic E-state index is 0.0326. The maximum atomic E-state index is 10.7. The minimum Gasteiger partial charge on any atom is -0.302 e. The molecule has 0 bridgehead atoms. The summed E-state index contributed by atoms with van der Waals surface area (Å²) in [7, 11) is 0. The fourth-order valence-corrected chi connectivity index (χ4v) is 2.41. The monoisotopic (exact) mass is 292 g/mol. The Morgan fingerprint density at radius 3 is 2.68 bits per heavy atom. The van der Waals surface area contributed by atoms with E-state index >= 15 is 0 Å². The van der Waals surface area contributed by atoms with Crippen molar-refractivity contribution in [3.63, 3.8) is 0 Å². The van der Waals surface area contributed by atoms with Crippen molar-refractivity contribution < 1.29 is 4.92 Å². The molecule has 6 nitrogen and oxygen atoms in total. The molecular formula is C16H12N4O2. The molecule has 22 heavy (non-hydrogen) atoms. The van der Waals surface area contributed by atoms with E-state index in [0.29, 0.717) is 5.69 Å². The smallest absolute Gasteiger partial charge is 0.269 e. The molecule has 0 amide bonds. The molecule has 0 atom stereocenters. The summed E-state index contributed by atoms with van der Waals surface area (Å²) in [4.78, 5) is 14.9. The van der Waals surface area contributed by atoms with E-state index in [1.807, 2.05) is 29.7 Å². The summed E-state index contributed by atoms with van der Waals surface area (Å²) >= 11 is 0. The number of nitro groups is 1. The Balaban J connectivity index is 2.18. The lowest BCUT2D eigenvalue weighted by Gasteiger charge is -2.01. The second-order valence-electron chi connectivity index (χ2n) is 4.98. The van der Waals surface area contributed by atoms with E-state index in [1.54, 1.807) is 12.1 Å². The topological polar surface area (TPSA) is 84.2 Å². The van der Waals surface area contributed by atoms with Crippen molar-refractivity contribution in [1.29, 1.82) is 5.26 Å². The zero-order valence-electron chi connectivity index (χ0n) is 11.9. The first kappa shape index (κ1) is 13.8. The van der Waals surface area contributed by atoms with E-state index in [-0.39, 0.29) is 12.1 Å². The Labute approximate surface area is 126 Å². The Morgan fingerprint density at radius 1 is 1.32 bits per heavy atom. The van der Waals surface area contributed by atoms with Crippen LogP contribution >= 0.6 is 0 Å². The number of nitro benzene ring substituents is 1. The molecule has 0 N–H and O–H groups in total. The van der Waals surface area contributed by atoms with Crippen LogP contribution in [0.3, 0.4) is 0 Å². The van der Waals surface area contributed by atoms with Crippen LogP contribution in [-0.4, -0.2) is 14.3 Å². The number of nitriles is 1. The van der Waals surface area contributed by atoms with Crippen molar-refractivity contribution in [3.8, 4) is 17.3 Å². The lowest BCUT2D eigenvalue weighted by atomic mass is 10.1. The van der Waals surface area contributed by atoms with Gasteiger partial charge < -0.3 is 4.40 Å². The number of fused-ring (bicyclic) bond motifs is 1. The number of aromatic nitrogens is 2. The fourth-order valence-electron chi connectivity index (χ4n) is 2.41. The summed E-state index contributed by atoms with van der Waals surface area (Å²) in [5.41, 5.74) is 4.10. The summed E-state index contributed by atoms with van der Waals surface area (Å²) in [5.74, 6) is 0. The molecule has 1 aromatic carbocycles. The van der Waals surface area contributed by atoms with Crippen molar-refractivity contribution in [1.82, 2.24) is 9.38 Å². The number of benzene rings is 1. The van der Waals surface area contributed by atoms with E-state index in [0.717, 1.165) is 22.5 Å². The number of rotatable bonds is 3. The molecule has 0 saturated carbocycles. The van der Waals surface area contributed by atoms with Crippen LogP contribution in [0.4, 0.5) is 5.69 Å². The first-order valence-electron chi connectivity index (χ1n) is 6.69.